The summed E-state index contributed by atoms with van der Waals surface area (Å²) in [7, 11) is 0. The van der Waals surface area contributed by atoms with Crippen LogP contribution in [0.2, 0.25) is 0 Å². The molecule has 9 nitrogen and oxygen atoms in total. The lowest BCUT2D eigenvalue weighted by Gasteiger charge is -2.35. The molecule has 3 aromatic heterocycles. The molecule has 2 fully saturated rings. The van der Waals surface area contributed by atoms with Gasteiger partial charge in [0.25, 0.3) is 0 Å². The summed E-state index contributed by atoms with van der Waals surface area (Å²) in [5.74, 6) is 1.33. The standard InChI is InChI=1S/C27H28F3N7O2/c1-17-19(3-2-4-21(17)27(28,29)30)11-23-22(15-35-13-18(14-35)16-38)33-26-20(25-31-5-6-32-25)12-24(34-37(23)26)36-7-9-39-10-8-36/h2-6,12,16,18H,7-11,13-15H2,1H3,(H,31,32). The number of aromatic amines is 1. The number of rotatable bonds is 7. The van der Waals surface area contributed by atoms with Crippen LogP contribution in [0.25, 0.3) is 17.0 Å². The second kappa shape index (κ2) is 10.1. The first-order valence-electron chi connectivity index (χ1n) is 12.9. The number of likely N-dealkylation sites (tertiary alicyclic amines) is 1. The lowest BCUT2D eigenvalue weighted by atomic mass is 9.97. The Labute approximate surface area is 222 Å². The highest BCUT2D eigenvalue weighted by molar-refractivity contribution is 5.76. The number of fused-ring (bicyclic) bond motifs is 1. The smallest absolute Gasteiger partial charge is 0.378 e. The van der Waals surface area contributed by atoms with E-state index < -0.39 is 11.7 Å². The van der Waals surface area contributed by atoms with Crippen molar-refractivity contribution in [3.05, 3.63) is 64.7 Å². The number of morpholine rings is 1. The van der Waals surface area contributed by atoms with E-state index in [1.807, 2.05) is 6.07 Å². The molecule has 6 rings (SSSR count). The number of aromatic nitrogens is 5. The normalized spacial score (nSPS) is 17.1. The van der Waals surface area contributed by atoms with Gasteiger partial charge < -0.3 is 19.4 Å². The number of halogens is 3. The molecule has 39 heavy (non-hydrogen) atoms. The van der Waals surface area contributed by atoms with Crippen LogP contribution < -0.4 is 4.90 Å². The molecule has 0 aliphatic carbocycles. The third-order valence-corrected chi connectivity index (χ3v) is 7.50. The Bertz CT molecular complexity index is 1490. The van der Waals surface area contributed by atoms with Crippen molar-refractivity contribution in [2.24, 2.45) is 5.92 Å². The van der Waals surface area contributed by atoms with Gasteiger partial charge in [0.2, 0.25) is 0 Å². The zero-order chi connectivity index (χ0) is 27.1. The van der Waals surface area contributed by atoms with E-state index in [1.165, 1.54) is 13.0 Å². The summed E-state index contributed by atoms with van der Waals surface area (Å²) in [4.78, 5) is 28.0. The molecular formula is C27H28F3N7O2. The first kappa shape index (κ1) is 25.5. The van der Waals surface area contributed by atoms with Gasteiger partial charge in [0.15, 0.2) is 11.5 Å². The number of H-pyrrole nitrogens is 1. The number of imidazole rings is 2. The van der Waals surface area contributed by atoms with Gasteiger partial charge in [-0.1, -0.05) is 12.1 Å². The van der Waals surface area contributed by atoms with Crippen molar-refractivity contribution >= 4 is 17.8 Å². The summed E-state index contributed by atoms with van der Waals surface area (Å²) in [6, 6.07) is 6.22. The number of aldehydes is 1. The second-order valence-corrected chi connectivity index (χ2v) is 10.0. The van der Waals surface area contributed by atoms with E-state index in [1.54, 1.807) is 23.0 Å². The Morgan fingerprint density at radius 3 is 2.69 bits per heavy atom. The Morgan fingerprint density at radius 1 is 1.21 bits per heavy atom. The van der Waals surface area contributed by atoms with Crippen LogP contribution in [-0.4, -0.2) is 75.1 Å². The molecule has 4 aromatic rings. The molecule has 5 heterocycles. The number of ether oxygens (including phenoxy) is 1. The molecule has 2 aliphatic rings. The van der Waals surface area contributed by atoms with Crippen LogP contribution in [0.5, 0.6) is 0 Å². The number of hydrogen-bond donors (Lipinski definition) is 1. The molecule has 12 heteroatoms. The number of nitrogens with zero attached hydrogens (tertiary/aromatic N) is 6. The number of nitrogens with one attached hydrogen (secondary N) is 1. The van der Waals surface area contributed by atoms with Crippen molar-refractivity contribution in [2.45, 2.75) is 26.1 Å². The molecule has 2 aliphatic heterocycles. The Kier molecular flexibility index (Phi) is 6.59. The average Bonchev–Trinajstić information content (AvgIpc) is 3.55. The molecule has 204 valence electrons. The Balaban J connectivity index is 1.51. The SMILES string of the molecule is Cc1c(Cc2c(CN3CC(C=O)C3)nc3c(-c4ncc[nH]4)cc(N4CCOCC4)nn23)cccc1C(F)(F)F. The van der Waals surface area contributed by atoms with Gasteiger partial charge in [-0.25, -0.2) is 14.5 Å². The lowest BCUT2D eigenvalue weighted by molar-refractivity contribution is -0.138. The zero-order valence-corrected chi connectivity index (χ0v) is 21.4. The number of anilines is 1. The van der Waals surface area contributed by atoms with Crippen molar-refractivity contribution in [2.75, 3.05) is 44.3 Å². The average molecular weight is 540 g/mol. The maximum atomic E-state index is 13.7. The van der Waals surface area contributed by atoms with E-state index in [9.17, 15) is 18.0 Å². The Morgan fingerprint density at radius 2 is 2.00 bits per heavy atom. The highest BCUT2D eigenvalue weighted by atomic mass is 19.4. The van der Waals surface area contributed by atoms with Crippen molar-refractivity contribution in [3.63, 3.8) is 0 Å². The zero-order valence-electron chi connectivity index (χ0n) is 21.4. The molecule has 0 unspecified atom stereocenters. The van der Waals surface area contributed by atoms with E-state index in [2.05, 4.69) is 19.8 Å². The fourth-order valence-electron chi connectivity index (χ4n) is 5.33. The van der Waals surface area contributed by atoms with E-state index in [0.29, 0.717) is 74.5 Å². The van der Waals surface area contributed by atoms with E-state index in [4.69, 9.17) is 14.8 Å². The molecule has 0 bridgehead atoms. The highest BCUT2D eigenvalue weighted by Gasteiger charge is 2.34. The van der Waals surface area contributed by atoms with Crippen LogP contribution in [0, 0.1) is 12.8 Å². The van der Waals surface area contributed by atoms with Crippen molar-refractivity contribution in [3.8, 4) is 11.4 Å². The number of carbonyl (C=O) groups excluding carboxylic acids is 1. The number of benzene rings is 1. The molecular weight excluding hydrogens is 511 g/mol. The number of carbonyl (C=O) groups is 1. The summed E-state index contributed by atoms with van der Waals surface area (Å²) in [5, 5.41) is 4.96. The quantitative estimate of drug-likeness (QED) is 0.360. The van der Waals surface area contributed by atoms with Gasteiger partial charge in [0, 0.05) is 57.5 Å². The topological polar surface area (TPSA) is 91.7 Å². The fourth-order valence-corrected chi connectivity index (χ4v) is 5.33. The van der Waals surface area contributed by atoms with E-state index >= 15 is 0 Å². The predicted molar refractivity (Wildman–Crippen MR) is 137 cm³/mol. The van der Waals surface area contributed by atoms with Gasteiger partial charge >= 0.3 is 6.18 Å². The maximum Gasteiger partial charge on any atom is 0.416 e. The minimum absolute atomic E-state index is 0.0130. The predicted octanol–water partition coefficient (Wildman–Crippen LogP) is 3.50. The molecule has 0 spiro atoms. The van der Waals surface area contributed by atoms with Crippen LogP contribution in [-0.2, 0) is 28.7 Å². The molecule has 1 N–H and O–H groups in total. The molecule has 0 saturated carbocycles. The van der Waals surface area contributed by atoms with Crippen LogP contribution in [0.3, 0.4) is 0 Å². The molecule has 0 radical (unpaired) electrons. The minimum atomic E-state index is -4.45. The van der Waals surface area contributed by atoms with Crippen LogP contribution >= 0.6 is 0 Å². The largest absolute Gasteiger partial charge is 0.416 e. The molecule has 0 amide bonds. The lowest BCUT2D eigenvalue weighted by Crippen LogP contribution is -2.46. The summed E-state index contributed by atoms with van der Waals surface area (Å²) in [6.07, 6.45) is 0.124. The van der Waals surface area contributed by atoms with Crippen molar-refractivity contribution < 1.29 is 22.7 Å². The third-order valence-electron chi connectivity index (χ3n) is 7.50. The highest BCUT2D eigenvalue weighted by Crippen LogP contribution is 2.35. The Hall–Kier alpha value is -3.77. The van der Waals surface area contributed by atoms with Gasteiger partial charge in [0.1, 0.15) is 12.1 Å². The van der Waals surface area contributed by atoms with Gasteiger partial charge in [0.05, 0.1) is 35.7 Å². The summed E-state index contributed by atoms with van der Waals surface area (Å²) >= 11 is 0. The number of alkyl halides is 3. The second-order valence-electron chi connectivity index (χ2n) is 10.0. The minimum Gasteiger partial charge on any atom is -0.378 e. The maximum absolute atomic E-state index is 13.7. The van der Waals surface area contributed by atoms with Gasteiger partial charge in [-0.15, -0.1) is 5.10 Å². The van der Waals surface area contributed by atoms with Crippen molar-refractivity contribution in [1.82, 2.24) is 29.5 Å². The van der Waals surface area contributed by atoms with Crippen LogP contribution in [0.1, 0.15) is 28.1 Å². The summed E-state index contributed by atoms with van der Waals surface area (Å²) in [5.41, 5.74) is 2.85. The fraction of sp³-hybridized carbons (Fsp3) is 0.407. The third kappa shape index (κ3) is 4.89. The van der Waals surface area contributed by atoms with Gasteiger partial charge in [-0.3, -0.25) is 4.90 Å². The first-order chi connectivity index (χ1) is 18.8. The monoisotopic (exact) mass is 539 g/mol. The summed E-state index contributed by atoms with van der Waals surface area (Å²) in [6.45, 7) is 5.70. The van der Waals surface area contributed by atoms with E-state index in [-0.39, 0.29) is 17.9 Å². The molecule has 2 saturated heterocycles. The van der Waals surface area contributed by atoms with Crippen LogP contribution in [0.4, 0.5) is 19.0 Å². The van der Waals surface area contributed by atoms with Gasteiger partial charge in [-0.05, 0) is 30.2 Å². The number of hydrogen-bond acceptors (Lipinski definition) is 7. The summed E-state index contributed by atoms with van der Waals surface area (Å²) < 4.78 is 48.4. The van der Waals surface area contributed by atoms with Crippen LogP contribution in [0.15, 0.2) is 36.7 Å². The van der Waals surface area contributed by atoms with Gasteiger partial charge in [-0.2, -0.15) is 13.2 Å². The first-order valence-corrected chi connectivity index (χ1v) is 12.9. The molecule has 0 atom stereocenters. The molecule has 1 aromatic carbocycles. The van der Waals surface area contributed by atoms with Crippen molar-refractivity contribution in [1.29, 1.82) is 0 Å². The van der Waals surface area contributed by atoms with E-state index in [0.717, 1.165) is 23.6 Å².